The fourth-order valence-electron chi connectivity index (χ4n) is 5.42. The Hall–Kier alpha value is -3.22. The van der Waals surface area contributed by atoms with Crippen LogP contribution in [0.3, 0.4) is 0 Å². The van der Waals surface area contributed by atoms with Gasteiger partial charge in [-0.15, -0.1) is 0 Å². The van der Waals surface area contributed by atoms with E-state index in [1.54, 1.807) is 17.1 Å². The fraction of sp³-hybridized carbons (Fsp3) is 0.517. The van der Waals surface area contributed by atoms with E-state index in [9.17, 15) is 4.79 Å². The number of carbonyl (C=O) groups is 1. The van der Waals surface area contributed by atoms with E-state index in [0.717, 1.165) is 41.9 Å². The van der Waals surface area contributed by atoms with Crippen LogP contribution in [0.25, 0.3) is 5.82 Å². The standard InChI is InChI=1S/C29H38N6O/c1-19-14-24(17-31-27(19)34-12-10-21(11-13-34)15-29(3,4)5)33-28(36)25-18-32-35(20(25)2)26-9-8-23(16-30-26)22-6-7-22/h8-9,14,16-18,21-22H,6-7,10-13,15H2,1-5H3,(H,33,36). The van der Waals surface area contributed by atoms with Gasteiger partial charge in [0.25, 0.3) is 5.91 Å². The lowest BCUT2D eigenvalue weighted by molar-refractivity contribution is 0.102. The van der Waals surface area contributed by atoms with Crippen molar-refractivity contribution >= 4 is 17.4 Å². The van der Waals surface area contributed by atoms with E-state index in [-0.39, 0.29) is 5.91 Å². The van der Waals surface area contributed by atoms with Gasteiger partial charge in [0.2, 0.25) is 0 Å². The van der Waals surface area contributed by atoms with Crippen LogP contribution in [0, 0.1) is 25.2 Å². The Morgan fingerprint density at radius 3 is 2.39 bits per heavy atom. The topological polar surface area (TPSA) is 75.9 Å². The zero-order chi connectivity index (χ0) is 25.4. The first-order valence-electron chi connectivity index (χ1n) is 13.2. The highest BCUT2D eigenvalue weighted by Gasteiger charge is 2.26. The minimum atomic E-state index is -0.190. The molecule has 0 bridgehead atoms. The number of aromatic nitrogens is 4. The number of hydrogen-bond acceptors (Lipinski definition) is 5. The maximum absolute atomic E-state index is 13.1. The lowest BCUT2D eigenvalue weighted by Crippen LogP contribution is -2.35. The van der Waals surface area contributed by atoms with Crippen molar-refractivity contribution in [2.75, 3.05) is 23.3 Å². The first kappa shape index (κ1) is 24.5. The third-order valence-corrected chi connectivity index (χ3v) is 7.41. The SMILES string of the molecule is Cc1cc(NC(=O)c2cnn(-c3ccc(C4CC4)cn3)c2C)cnc1N1CCC(CC(C)(C)C)CC1. The predicted octanol–water partition coefficient (Wildman–Crippen LogP) is 6.06. The van der Waals surface area contributed by atoms with Crippen molar-refractivity contribution < 1.29 is 4.79 Å². The molecule has 4 heterocycles. The molecule has 1 saturated heterocycles. The van der Waals surface area contributed by atoms with Crippen LogP contribution in [0.1, 0.15) is 86.0 Å². The first-order chi connectivity index (χ1) is 17.2. The van der Waals surface area contributed by atoms with Gasteiger partial charge in [-0.05, 0) is 86.5 Å². The summed E-state index contributed by atoms with van der Waals surface area (Å²) in [5.41, 5.74) is 4.73. The molecule has 0 atom stereocenters. The Morgan fingerprint density at radius 2 is 1.78 bits per heavy atom. The van der Waals surface area contributed by atoms with Crippen molar-refractivity contribution in [2.24, 2.45) is 11.3 Å². The molecule has 2 fully saturated rings. The summed E-state index contributed by atoms with van der Waals surface area (Å²) in [5.74, 6) is 3.01. The Bertz CT molecular complexity index is 1230. The van der Waals surface area contributed by atoms with E-state index in [0.29, 0.717) is 22.6 Å². The molecule has 36 heavy (non-hydrogen) atoms. The summed E-state index contributed by atoms with van der Waals surface area (Å²) in [6, 6.07) is 6.11. The number of rotatable bonds is 6. The van der Waals surface area contributed by atoms with Crippen molar-refractivity contribution in [1.82, 2.24) is 19.7 Å². The summed E-state index contributed by atoms with van der Waals surface area (Å²) in [7, 11) is 0. The lowest BCUT2D eigenvalue weighted by Gasteiger charge is -2.36. The van der Waals surface area contributed by atoms with E-state index in [1.807, 2.05) is 25.3 Å². The van der Waals surface area contributed by atoms with Gasteiger partial charge in [-0.2, -0.15) is 5.10 Å². The van der Waals surface area contributed by atoms with Gasteiger partial charge in [-0.25, -0.2) is 14.6 Å². The van der Waals surface area contributed by atoms with E-state index in [1.165, 1.54) is 37.7 Å². The second kappa shape index (κ2) is 9.68. The Kier molecular flexibility index (Phi) is 6.58. The average Bonchev–Trinajstić information content (AvgIpc) is 3.61. The minimum Gasteiger partial charge on any atom is -0.356 e. The zero-order valence-electron chi connectivity index (χ0n) is 22.2. The van der Waals surface area contributed by atoms with Gasteiger partial charge in [-0.1, -0.05) is 26.8 Å². The highest BCUT2D eigenvalue weighted by Crippen LogP contribution is 2.39. The normalized spacial score (nSPS) is 16.9. The molecule has 1 aliphatic carbocycles. The molecular weight excluding hydrogens is 448 g/mol. The van der Waals surface area contributed by atoms with Crippen molar-refractivity contribution in [1.29, 1.82) is 0 Å². The number of hydrogen-bond donors (Lipinski definition) is 1. The molecule has 1 N–H and O–H groups in total. The third-order valence-electron chi connectivity index (χ3n) is 7.41. The molecule has 7 heteroatoms. The van der Waals surface area contributed by atoms with Gasteiger partial charge < -0.3 is 10.2 Å². The number of nitrogens with zero attached hydrogens (tertiary/aromatic N) is 5. The number of nitrogens with one attached hydrogen (secondary N) is 1. The van der Waals surface area contributed by atoms with Crippen molar-refractivity contribution in [3.05, 3.63) is 59.2 Å². The number of amides is 1. The Morgan fingerprint density at radius 1 is 1.03 bits per heavy atom. The third kappa shape index (κ3) is 5.45. The van der Waals surface area contributed by atoms with Crippen molar-refractivity contribution in [3.63, 3.8) is 0 Å². The molecule has 190 valence electrons. The monoisotopic (exact) mass is 486 g/mol. The summed E-state index contributed by atoms with van der Waals surface area (Å²) in [4.78, 5) is 24.7. The molecule has 0 radical (unpaired) electrons. The van der Waals surface area contributed by atoms with E-state index < -0.39 is 0 Å². The maximum Gasteiger partial charge on any atom is 0.259 e. The van der Waals surface area contributed by atoms with Crippen molar-refractivity contribution in [2.45, 2.75) is 72.6 Å². The molecule has 3 aromatic heterocycles. The van der Waals surface area contributed by atoms with Crippen LogP contribution in [-0.2, 0) is 0 Å². The Balaban J connectivity index is 1.23. The molecule has 5 rings (SSSR count). The molecule has 1 amide bonds. The minimum absolute atomic E-state index is 0.190. The smallest absolute Gasteiger partial charge is 0.259 e. The van der Waals surface area contributed by atoms with Gasteiger partial charge in [0, 0.05) is 19.3 Å². The highest BCUT2D eigenvalue weighted by atomic mass is 16.1. The molecule has 0 spiro atoms. The number of piperidine rings is 1. The second-order valence-corrected chi connectivity index (χ2v) is 11.8. The Labute approximate surface area is 214 Å². The molecule has 0 aromatic carbocycles. The largest absolute Gasteiger partial charge is 0.356 e. The van der Waals surface area contributed by atoms with Gasteiger partial charge in [-0.3, -0.25) is 4.79 Å². The van der Waals surface area contributed by atoms with E-state index >= 15 is 0 Å². The van der Waals surface area contributed by atoms with Gasteiger partial charge >= 0.3 is 0 Å². The lowest BCUT2D eigenvalue weighted by atomic mass is 9.80. The van der Waals surface area contributed by atoms with Crippen LogP contribution in [0.2, 0.25) is 0 Å². The molecular formula is C29H38N6O. The van der Waals surface area contributed by atoms with Gasteiger partial charge in [0.05, 0.1) is 29.3 Å². The number of pyridine rings is 2. The fourth-order valence-corrected chi connectivity index (χ4v) is 5.42. The first-order valence-corrected chi connectivity index (χ1v) is 13.2. The molecule has 7 nitrogen and oxygen atoms in total. The van der Waals surface area contributed by atoms with E-state index in [4.69, 9.17) is 4.98 Å². The number of aryl methyl sites for hydroxylation is 1. The zero-order valence-corrected chi connectivity index (χ0v) is 22.2. The van der Waals surface area contributed by atoms with Crippen LogP contribution >= 0.6 is 0 Å². The van der Waals surface area contributed by atoms with Gasteiger partial charge in [0.1, 0.15) is 5.82 Å². The van der Waals surface area contributed by atoms with Crippen LogP contribution in [0.15, 0.2) is 36.8 Å². The quantitative estimate of drug-likeness (QED) is 0.458. The van der Waals surface area contributed by atoms with Crippen molar-refractivity contribution in [3.8, 4) is 5.82 Å². The predicted molar refractivity (Wildman–Crippen MR) is 144 cm³/mol. The molecule has 1 saturated carbocycles. The summed E-state index contributed by atoms with van der Waals surface area (Å²) < 4.78 is 1.72. The van der Waals surface area contributed by atoms with Crippen LogP contribution in [0.5, 0.6) is 0 Å². The molecule has 2 aliphatic rings. The maximum atomic E-state index is 13.1. The summed E-state index contributed by atoms with van der Waals surface area (Å²) in [6.07, 6.45) is 11.5. The van der Waals surface area contributed by atoms with Crippen LogP contribution in [-0.4, -0.2) is 38.7 Å². The molecule has 0 unspecified atom stereocenters. The number of carbonyl (C=O) groups excluding carboxylic acids is 1. The molecule has 3 aromatic rings. The summed E-state index contributed by atoms with van der Waals surface area (Å²) in [6.45, 7) is 13.0. The van der Waals surface area contributed by atoms with E-state index in [2.05, 4.69) is 54.1 Å². The highest BCUT2D eigenvalue weighted by molar-refractivity contribution is 6.05. The average molecular weight is 487 g/mol. The van der Waals surface area contributed by atoms with Gasteiger partial charge in [0.15, 0.2) is 5.82 Å². The van der Waals surface area contributed by atoms with Crippen LogP contribution in [0.4, 0.5) is 11.5 Å². The molecule has 1 aliphatic heterocycles. The number of anilines is 2. The van der Waals surface area contributed by atoms with Crippen LogP contribution < -0.4 is 10.2 Å². The summed E-state index contributed by atoms with van der Waals surface area (Å²) in [5, 5.41) is 7.44. The summed E-state index contributed by atoms with van der Waals surface area (Å²) >= 11 is 0. The second-order valence-electron chi connectivity index (χ2n) is 11.8.